The first kappa shape index (κ1) is 19.0. The fraction of sp³-hybridized carbons (Fsp3) is 0.250. The fourth-order valence-corrected chi connectivity index (χ4v) is 5.75. The normalized spacial score (nSPS) is 12.5. The smallest absolute Gasteiger partial charge is 0.252 e. The van der Waals surface area contributed by atoms with Gasteiger partial charge >= 0.3 is 0 Å². The maximum atomic E-state index is 12.2. The van der Waals surface area contributed by atoms with Crippen molar-refractivity contribution >= 4 is 48.6 Å². The molecule has 132 valence electrons. The number of sulfonamides is 2. The molecule has 2 aromatic heterocycles. The Balaban J connectivity index is 1.93. The monoisotopic (exact) mass is 409 g/mol. The molecule has 0 saturated heterocycles. The Morgan fingerprint density at radius 2 is 1.92 bits per heavy atom. The number of nitrogens with one attached hydrogen (secondary N) is 1. The predicted molar refractivity (Wildman–Crippen MR) is 91.7 cm³/mol. The van der Waals surface area contributed by atoms with E-state index in [-0.39, 0.29) is 21.5 Å². The molecule has 0 unspecified atom stereocenters. The molecule has 0 aliphatic rings. The average molecular weight is 410 g/mol. The first-order valence-electron chi connectivity index (χ1n) is 6.49. The topological polar surface area (TPSA) is 127 Å². The van der Waals surface area contributed by atoms with Crippen LogP contribution in [0.4, 0.5) is 0 Å². The van der Waals surface area contributed by atoms with Gasteiger partial charge in [0.15, 0.2) is 0 Å². The third-order valence-electron chi connectivity index (χ3n) is 2.90. The second-order valence-corrected chi connectivity index (χ2v) is 10.9. The van der Waals surface area contributed by atoms with E-state index in [1.165, 1.54) is 25.2 Å². The number of rotatable bonds is 7. The molecule has 8 nitrogen and oxygen atoms in total. The van der Waals surface area contributed by atoms with Crippen LogP contribution in [0.5, 0.6) is 0 Å². The summed E-state index contributed by atoms with van der Waals surface area (Å²) in [6, 6.07) is 5.98. The van der Waals surface area contributed by atoms with Crippen LogP contribution in [0.15, 0.2) is 38.1 Å². The summed E-state index contributed by atoms with van der Waals surface area (Å²) in [7, 11) is -6.14. The molecule has 1 amide bonds. The lowest BCUT2D eigenvalue weighted by molar-refractivity contribution is -0.121. The van der Waals surface area contributed by atoms with E-state index >= 15 is 0 Å². The van der Waals surface area contributed by atoms with E-state index in [1.807, 2.05) is 0 Å². The number of carbonyl (C=O) groups excluding carboxylic acids is 1. The molecule has 0 aliphatic carbocycles. The average Bonchev–Trinajstić information content (AvgIpc) is 3.16. The summed E-state index contributed by atoms with van der Waals surface area (Å²) in [6.07, 6.45) is 0. The highest BCUT2D eigenvalue weighted by atomic mass is 32.3. The molecule has 3 N–H and O–H groups in total. The molecule has 0 aliphatic heterocycles. The van der Waals surface area contributed by atoms with Crippen molar-refractivity contribution in [3.8, 4) is 0 Å². The fourth-order valence-electron chi connectivity index (χ4n) is 1.70. The van der Waals surface area contributed by atoms with Crippen molar-refractivity contribution in [2.24, 2.45) is 5.14 Å². The summed E-state index contributed by atoms with van der Waals surface area (Å²) in [6.45, 7) is -0.250. The van der Waals surface area contributed by atoms with Crippen LogP contribution in [0.3, 0.4) is 0 Å². The SMILES string of the molecule is CN(CC(=O)NCc1ccc(S(N)(=O)=O)s1)S(=O)(=O)c1cccs1. The molecule has 0 bridgehead atoms. The standard InChI is InChI=1S/C12H15N3O5S4/c1-15(24(19,20)11-3-2-6-21-11)8-10(16)14-7-9-4-5-12(22-9)23(13,17)18/h2-6H,7-8H2,1H3,(H,14,16)(H2,13,17,18). The third kappa shape index (κ3) is 4.62. The highest BCUT2D eigenvalue weighted by Gasteiger charge is 2.23. The first-order chi connectivity index (χ1) is 11.1. The minimum absolute atomic E-state index is 0.00383. The van der Waals surface area contributed by atoms with Gasteiger partial charge in [0.05, 0.1) is 13.1 Å². The van der Waals surface area contributed by atoms with Gasteiger partial charge in [0, 0.05) is 11.9 Å². The molecule has 2 rings (SSSR count). The zero-order chi connectivity index (χ0) is 18.0. The molecular weight excluding hydrogens is 394 g/mol. The number of hydrogen-bond acceptors (Lipinski definition) is 7. The predicted octanol–water partition coefficient (Wildman–Crippen LogP) is 0.394. The van der Waals surface area contributed by atoms with Crippen molar-refractivity contribution in [2.75, 3.05) is 13.6 Å². The van der Waals surface area contributed by atoms with Crippen molar-refractivity contribution < 1.29 is 21.6 Å². The minimum Gasteiger partial charge on any atom is -0.350 e. The lowest BCUT2D eigenvalue weighted by Gasteiger charge is -2.15. The summed E-state index contributed by atoms with van der Waals surface area (Å²) < 4.78 is 47.9. The molecule has 0 radical (unpaired) electrons. The molecular formula is C12H15N3O5S4. The Labute approximate surface area is 148 Å². The van der Waals surface area contributed by atoms with Gasteiger partial charge in [-0.1, -0.05) is 6.07 Å². The molecule has 0 saturated carbocycles. The molecule has 24 heavy (non-hydrogen) atoms. The van der Waals surface area contributed by atoms with Crippen LogP contribution in [0.25, 0.3) is 0 Å². The Hall–Kier alpha value is -1.31. The van der Waals surface area contributed by atoms with E-state index in [1.54, 1.807) is 11.4 Å². The van der Waals surface area contributed by atoms with Gasteiger partial charge in [-0.3, -0.25) is 4.79 Å². The van der Waals surface area contributed by atoms with Gasteiger partial charge in [-0.15, -0.1) is 22.7 Å². The van der Waals surface area contributed by atoms with Crippen LogP contribution in [-0.4, -0.2) is 40.6 Å². The Morgan fingerprint density at radius 3 is 2.46 bits per heavy atom. The van der Waals surface area contributed by atoms with Crippen molar-refractivity contribution in [2.45, 2.75) is 15.0 Å². The zero-order valence-electron chi connectivity index (χ0n) is 12.5. The van der Waals surface area contributed by atoms with Crippen LogP contribution in [-0.2, 0) is 31.4 Å². The number of nitrogens with two attached hydrogens (primary N) is 1. The summed E-state index contributed by atoms with van der Waals surface area (Å²) in [5.74, 6) is -0.497. The summed E-state index contributed by atoms with van der Waals surface area (Å²) in [4.78, 5) is 12.5. The summed E-state index contributed by atoms with van der Waals surface area (Å²) in [5.41, 5.74) is 0. The highest BCUT2D eigenvalue weighted by Crippen LogP contribution is 2.21. The van der Waals surface area contributed by atoms with E-state index in [0.29, 0.717) is 4.88 Å². The highest BCUT2D eigenvalue weighted by molar-refractivity contribution is 7.91. The van der Waals surface area contributed by atoms with Gasteiger partial charge in [-0.2, -0.15) is 4.31 Å². The molecule has 2 heterocycles. The summed E-state index contributed by atoms with van der Waals surface area (Å²) >= 11 is 2.02. The van der Waals surface area contributed by atoms with Crippen LogP contribution < -0.4 is 10.5 Å². The number of amides is 1. The van der Waals surface area contributed by atoms with E-state index in [0.717, 1.165) is 27.0 Å². The van der Waals surface area contributed by atoms with Gasteiger partial charge in [0.25, 0.3) is 10.0 Å². The lowest BCUT2D eigenvalue weighted by atomic mass is 10.4. The number of thiophene rings is 2. The number of nitrogens with zero attached hydrogens (tertiary/aromatic N) is 1. The van der Waals surface area contributed by atoms with Gasteiger partial charge in [-0.05, 0) is 23.6 Å². The second-order valence-electron chi connectivity index (χ2n) is 4.74. The number of primary sulfonamides is 1. The quantitative estimate of drug-likeness (QED) is 0.684. The molecule has 0 aromatic carbocycles. The minimum atomic E-state index is -3.76. The Kier molecular flexibility index (Phi) is 5.78. The van der Waals surface area contributed by atoms with E-state index < -0.39 is 26.0 Å². The van der Waals surface area contributed by atoms with Crippen molar-refractivity contribution in [3.05, 3.63) is 34.5 Å². The Bertz CT molecular complexity index is 916. The van der Waals surface area contributed by atoms with Crippen LogP contribution in [0.1, 0.15) is 4.88 Å². The van der Waals surface area contributed by atoms with Gasteiger partial charge in [-0.25, -0.2) is 22.0 Å². The van der Waals surface area contributed by atoms with Crippen molar-refractivity contribution in [1.82, 2.24) is 9.62 Å². The van der Waals surface area contributed by atoms with Crippen LogP contribution >= 0.6 is 22.7 Å². The zero-order valence-corrected chi connectivity index (χ0v) is 15.8. The van der Waals surface area contributed by atoms with Gasteiger partial charge < -0.3 is 5.32 Å². The molecule has 0 spiro atoms. The van der Waals surface area contributed by atoms with E-state index in [4.69, 9.17) is 5.14 Å². The Morgan fingerprint density at radius 1 is 1.21 bits per heavy atom. The lowest BCUT2D eigenvalue weighted by Crippen LogP contribution is -2.37. The second kappa shape index (κ2) is 7.29. The van der Waals surface area contributed by atoms with Gasteiger partial charge in [0.1, 0.15) is 8.42 Å². The number of carbonyl (C=O) groups is 1. The largest absolute Gasteiger partial charge is 0.350 e. The maximum absolute atomic E-state index is 12.2. The number of likely N-dealkylation sites (N-methyl/N-ethyl adjacent to an activating group) is 1. The molecule has 0 fully saturated rings. The van der Waals surface area contributed by atoms with Crippen LogP contribution in [0.2, 0.25) is 0 Å². The van der Waals surface area contributed by atoms with E-state index in [9.17, 15) is 21.6 Å². The first-order valence-corrected chi connectivity index (χ1v) is 11.2. The third-order valence-corrected chi connectivity index (χ3v) is 8.60. The number of hydrogen-bond donors (Lipinski definition) is 2. The van der Waals surface area contributed by atoms with E-state index in [2.05, 4.69) is 5.32 Å². The van der Waals surface area contributed by atoms with Crippen molar-refractivity contribution in [1.29, 1.82) is 0 Å². The summed E-state index contributed by atoms with van der Waals surface area (Å²) in [5, 5.41) is 9.19. The molecule has 12 heteroatoms. The van der Waals surface area contributed by atoms with Gasteiger partial charge in [0.2, 0.25) is 15.9 Å². The molecule has 2 aromatic rings. The maximum Gasteiger partial charge on any atom is 0.252 e. The van der Waals surface area contributed by atoms with Crippen molar-refractivity contribution in [3.63, 3.8) is 0 Å². The molecule has 0 atom stereocenters. The van der Waals surface area contributed by atoms with Crippen LogP contribution in [0, 0.1) is 0 Å².